The van der Waals surface area contributed by atoms with Crippen molar-refractivity contribution in [2.24, 2.45) is 0 Å². The van der Waals surface area contributed by atoms with E-state index in [2.05, 4.69) is 22.0 Å². The summed E-state index contributed by atoms with van der Waals surface area (Å²) < 4.78 is 6.78. The van der Waals surface area contributed by atoms with Gasteiger partial charge in [-0.05, 0) is 46.2 Å². The summed E-state index contributed by atoms with van der Waals surface area (Å²) in [7, 11) is 0. The molecule has 0 heterocycles. The largest absolute Gasteiger partial charge is 0.373 e. The van der Waals surface area contributed by atoms with E-state index in [1.807, 2.05) is 72.8 Å². The van der Waals surface area contributed by atoms with E-state index in [1.165, 1.54) is 0 Å². The predicted molar refractivity (Wildman–Crippen MR) is 101 cm³/mol. The molecule has 3 heteroatoms. The monoisotopic (exact) mass is 377 g/mol. The molecule has 0 fully saturated rings. The fourth-order valence-electron chi connectivity index (χ4n) is 2.51. The highest BCUT2D eigenvalue weighted by atomic mass is 79.9. The van der Waals surface area contributed by atoms with Crippen LogP contribution in [0.5, 0.6) is 0 Å². The smallest absolute Gasteiger partial charge is 0.0995 e. The van der Waals surface area contributed by atoms with E-state index < -0.39 is 0 Å². The van der Waals surface area contributed by atoms with Crippen LogP contribution in [0, 0.1) is 11.3 Å². The highest BCUT2D eigenvalue weighted by molar-refractivity contribution is 9.10. The van der Waals surface area contributed by atoms with Crippen molar-refractivity contribution < 1.29 is 4.74 Å². The molecule has 0 aromatic heterocycles. The summed E-state index contributed by atoms with van der Waals surface area (Å²) in [5.41, 5.74) is 2.73. The van der Waals surface area contributed by atoms with Gasteiger partial charge in [-0.15, -0.1) is 0 Å². The lowest BCUT2D eigenvalue weighted by Gasteiger charge is -2.07. The lowest BCUT2D eigenvalue weighted by molar-refractivity contribution is 0.149. The van der Waals surface area contributed by atoms with Gasteiger partial charge in [0.1, 0.15) is 0 Å². The molecule has 0 aliphatic carbocycles. The van der Waals surface area contributed by atoms with Crippen LogP contribution in [0.4, 0.5) is 0 Å². The summed E-state index contributed by atoms with van der Waals surface area (Å²) in [5.74, 6) is 0. The second kappa shape index (κ2) is 7.92. The van der Waals surface area contributed by atoms with Gasteiger partial charge in [-0.3, -0.25) is 0 Å². The predicted octanol–water partition coefficient (Wildman–Crippen LogP) is 5.70. The maximum absolute atomic E-state index is 9.33. The van der Waals surface area contributed by atoms with Crippen molar-refractivity contribution in [2.45, 2.75) is 6.61 Å². The Bertz CT molecular complexity index is 907. The summed E-state index contributed by atoms with van der Waals surface area (Å²) in [6.07, 6.45) is 4.01. The highest BCUT2D eigenvalue weighted by Crippen LogP contribution is 2.20. The minimum atomic E-state index is 0.429. The number of nitrogens with zero attached hydrogens (tertiary/aromatic N) is 1. The van der Waals surface area contributed by atoms with Crippen LogP contribution in [0.15, 0.2) is 71.2 Å². The van der Waals surface area contributed by atoms with Crippen molar-refractivity contribution in [3.63, 3.8) is 0 Å². The van der Waals surface area contributed by atoms with Crippen LogP contribution in [0.1, 0.15) is 16.7 Å². The number of benzene rings is 3. The minimum absolute atomic E-state index is 0.429. The molecule has 24 heavy (non-hydrogen) atoms. The molecule has 0 N–H and O–H groups in total. The number of hydrogen-bond donors (Lipinski definition) is 0. The first-order valence-corrected chi connectivity index (χ1v) is 8.47. The summed E-state index contributed by atoms with van der Waals surface area (Å²) in [6.45, 7) is 0.937. The van der Waals surface area contributed by atoms with Crippen molar-refractivity contribution in [3.05, 3.63) is 87.9 Å². The summed E-state index contributed by atoms with van der Waals surface area (Å²) in [4.78, 5) is 0. The maximum Gasteiger partial charge on any atom is 0.0995 e. The van der Waals surface area contributed by atoms with Crippen LogP contribution in [0.25, 0.3) is 16.8 Å². The van der Waals surface area contributed by atoms with Gasteiger partial charge in [0.15, 0.2) is 0 Å². The molecule has 3 aromatic rings. The van der Waals surface area contributed by atoms with Crippen molar-refractivity contribution in [1.29, 1.82) is 5.26 Å². The molecule has 0 bridgehead atoms. The molecule has 0 aliphatic heterocycles. The van der Waals surface area contributed by atoms with Gasteiger partial charge < -0.3 is 4.74 Å². The molecule has 2 nitrogen and oxygen atoms in total. The van der Waals surface area contributed by atoms with Crippen molar-refractivity contribution in [3.8, 4) is 6.07 Å². The number of rotatable bonds is 5. The van der Waals surface area contributed by atoms with Gasteiger partial charge in [0.25, 0.3) is 0 Å². The Hall–Kier alpha value is -2.41. The zero-order valence-corrected chi connectivity index (χ0v) is 14.7. The van der Waals surface area contributed by atoms with Crippen molar-refractivity contribution >= 4 is 32.8 Å². The first-order chi connectivity index (χ1) is 11.8. The second-order valence-electron chi connectivity index (χ2n) is 5.44. The third-order valence-electron chi connectivity index (χ3n) is 3.74. The summed E-state index contributed by atoms with van der Waals surface area (Å²) >= 11 is 3.42. The first kappa shape index (κ1) is 16.4. The third kappa shape index (κ3) is 4.11. The Morgan fingerprint density at radius 1 is 1.00 bits per heavy atom. The summed E-state index contributed by atoms with van der Waals surface area (Å²) in [6, 6.07) is 22.4. The lowest BCUT2D eigenvalue weighted by Crippen LogP contribution is -1.96. The van der Waals surface area contributed by atoms with Crippen LogP contribution >= 0.6 is 15.9 Å². The minimum Gasteiger partial charge on any atom is -0.373 e. The molecule has 0 atom stereocenters. The average Bonchev–Trinajstić information content (AvgIpc) is 2.62. The lowest BCUT2D eigenvalue weighted by atomic mass is 10.0. The number of ether oxygens (including phenoxy) is 1. The van der Waals surface area contributed by atoms with Crippen molar-refractivity contribution in [2.75, 3.05) is 6.61 Å². The van der Waals surface area contributed by atoms with Crippen LogP contribution in [0.3, 0.4) is 0 Å². The Morgan fingerprint density at radius 3 is 2.42 bits per heavy atom. The number of nitriles is 1. The fourth-order valence-corrected chi connectivity index (χ4v) is 2.77. The van der Waals surface area contributed by atoms with Crippen LogP contribution < -0.4 is 0 Å². The molecular weight excluding hydrogens is 362 g/mol. The van der Waals surface area contributed by atoms with Gasteiger partial charge in [-0.25, -0.2) is 0 Å². The molecule has 0 saturated carbocycles. The van der Waals surface area contributed by atoms with Crippen LogP contribution in [-0.2, 0) is 11.3 Å². The molecule has 0 saturated heterocycles. The van der Waals surface area contributed by atoms with E-state index in [-0.39, 0.29) is 0 Å². The van der Waals surface area contributed by atoms with Crippen LogP contribution in [-0.4, -0.2) is 6.61 Å². The molecule has 0 unspecified atom stereocenters. The second-order valence-corrected chi connectivity index (χ2v) is 6.35. The topological polar surface area (TPSA) is 33.0 Å². The molecule has 3 aromatic carbocycles. The Morgan fingerprint density at radius 2 is 1.71 bits per heavy atom. The normalized spacial score (nSPS) is 11.0. The maximum atomic E-state index is 9.33. The van der Waals surface area contributed by atoms with E-state index in [9.17, 15) is 5.26 Å². The molecule has 118 valence electrons. The molecule has 0 spiro atoms. The van der Waals surface area contributed by atoms with E-state index in [0.717, 1.165) is 26.4 Å². The standard InChI is InChI=1S/C21H16BrNO/c22-21-9-7-16(8-10-21)4-3-11-24-15-20-13-18-6-2-1-5-17(18)12-19(20)14-23/h1-10,12-13H,11,15H2/b4-3+. The molecule has 3 rings (SSSR count). The van der Waals surface area contributed by atoms with Crippen molar-refractivity contribution in [1.82, 2.24) is 0 Å². The van der Waals surface area contributed by atoms with Gasteiger partial charge in [0, 0.05) is 4.47 Å². The third-order valence-corrected chi connectivity index (χ3v) is 4.27. The Kier molecular flexibility index (Phi) is 5.43. The van der Waals surface area contributed by atoms with Gasteiger partial charge in [0.05, 0.1) is 24.8 Å². The van der Waals surface area contributed by atoms with Gasteiger partial charge >= 0.3 is 0 Å². The van der Waals surface area contributed by atoms with E-state index in [1.54, 1.807) is 0 Å². The fraction of sp³-hybridized carbons (Fsp3) is 0.0952. The van der Waals surface area contributed by atoms with E-state index in [4.69, 9.17) is 4.74 Å². The van der Waals surface area contributed by atoms with Gasteiger partial charge in [0.2, 0.25) is 0 Å². The summed E-state index contributed by atoms with van der Waals surface area (Å²) in [5, 5.41) is 11.5. The molecule has 0 amide bonds. The van der Waals surface area contributed by atoms with Gasteiger partial charge in [-0.1, -0.05) is 64.5 Å². The SMILES string of the molecule is N#Cc1cc2ccccc2cc1COC/C=C/c1ccc(Br)cc1. The Labute approximate surface area is 150 Å². The number of hydrogen-bond acceptors (Lipinski definition) is 2. The average molecular weight is 378 g/mol. The number of fused-ring (bicyclic) bond motifs is 1. The molecule has 0 aliphatic rings. The Balaban J connectivity index is 1.63. The zero-order valence-electron chi connectivity index (χ0n) is 13.1. The van der Waals surface area contributed by atoms with E-state index in [0.29, 0.717) is 18.8 Å². The number of halogens is 1. The first-order valence-electron chi connectivity index (χ1n) is 7.68. The highest BCUT2D eigenvalue weighted by Gasteiger charge is 2.04. The van der Waals surface area contributed by atoms with Crippen LogP contribution in [0.2, 0.25) is 0 Å². The quantitative estimate of drug-likeness (QED) is 0.533. The molecular formula is C21H16BrNO. The van der Waals surface area contributed by atoms with Gasteiger partial charge in [-0.2, -0.15) is 5.26 Å². The molecule has 0 radical (unpaired) electrons. The van der Waals surface area contributed by atoms with E-state index >= 15 is 0 Å². The zero-order chi connectivity index (χ0) is 16.8.